The van der Waals surface area contributed by atoms with Gasteiger partial charge in [-0.25, -0.2) is 9.18 Å². The van der Waals surface area contributed by atoms with E-state index in [4.69, 9.17) is 0 Å². The molecular formula is C12H17ClFN3O. The van der Waals surface area contributed by atoms with E-state index < -0.39 is 0 Å². The Morgan fingerprint density at radius 2 is 2.28 bits per heavy atom. The van der Waals surface area contributed by atoms with Gasteiger partial charge in [-0.3, -0.25) is 0 Å². The second kappa shape index (κ2) is 6.56. The van der Waals surface area contributed by atoms with Crippen LogP contribution in [0.5, 0.6) is 0 Å². The highest BCUT2D eigenvalue weighted by atomic mass is 35.5. The van der Waals surface area contributed by atoms with Crippen molar-refractivity contribution in [1.29, 1.82) is 0 Å². The van der Waals surface area contributed by atoms with Crippen LogP contribution in [0.2, 0.25) is 0 Å². The van der Waals surface area contributed by atoms with Crippen molar-refractivity contribution in [3.05, 3.63) is 29.6 Å². The molecule has 6 heteroatoms. The summed E-state index contributed by atoms with van der Waals surface area (Å²) in [5.74, 6) is -0.315. The fourth-order valence-corrected chi connectivity index (χ4v) is 1.80. The largest absolute Gasteiger partial charge is 0.334 e. The number of carbonyl (C=O) groups is 1. The fraction of sp³-hybridized carbons (Fsp3) is 0.417. The lowest BCUT2D eigenvalue weighted by Gasteiger charge is -2.12. The van der Waals surface area contributed by atoms with E-state index in [0.717, 1.165) is 19.5 Å². The Morgan fingerprint density at radius 3 is 2.89 bits per heavy atom. The number of aryl methyl sites for hydroxylation is 1. The number of carbonyl (C=O) groups excluding carboxylic acids is 1. The Kier molecular flexibility index (Phi) is 5.37. The van der Waals surface area contributed by atoms with Gasteiger partial charge in [0.25, 0.3) is 0 Å². The van der Waals surface area contributed by atoms with Gasteiger partial charge in [0.1, 0.15) is 5.82 Å². The Labute approximate surface area is 112 Å². The number of urea groups is 1. The van der Waals surface area contributed by atoms with Crippen LogP contribution < -0.4 is 16.0 Å². The standard InChI is InChI=1S/C12H16FN3O.ClH/c1-8-2-3-9(6-11(8)13)15-12(17)16-10-4-5-14-7-10;/h2-3,6,10,14H,4-5,7H2,1H3,(H2,15,16,17);1H/t10-;/m1./s1. The van der Waals surface area contributed by atoms with Gasteiger partial charge in [-0.15, -0.1) is 12.4 Å². The van der Waals surface area contributed by atoms with Crippen LogP contribution in [-0.4, -0.2) is 25.2 Å². The van der Waals surface area contributed by atoms with E-state index in [1.54, 1.807) is 19.1 Å². The van der Waals surface area contributed by atoms with Crippen LogP contribution in [0.25, 0.3) is 0 Å². The molecule has 4 nitrogen and oxygen atoms in total. The van der Waals surface area contributed by atoms with E-state index in [-0.39, 0.29) is 30.3 Å². The smallest absolute Gasteiger partial charge is 0.319 e. The molecule has 2 rings (SSSR count). The van der Waals surface area contributed by atoms with Gasteiger partial charge in [-0.05, 0) is 37.6 Å². The maximum absolute atomic E-state index is 13.3. The van der Waals surface area contributed by atoms with Gasteiger partial charge in [0, 0.05) is 18.3 Å². The quantitative estimate of drug-likeness (QED) is 0.772. The molecule has 3 N–H and O–H groups in total. The third-order valence-electron chi connectivity index (χ3n) is 2.83. The first-order valence-corrected chi connectivity index (χ1v) is 5.69. The molecule has 0 bridgehead atoms. The van der Waals surface area contributed by atoms with Crippen molar-refractivity contribution in [2.45, 2.75) is 19.4 Å². The topological polar surface area (TPSA) is 53.2 Å². The summed E-state index contributed by atoms with van der Waals surface area (Å²) in [5.41, 5.74) is 1.03. The molecule has 100 valence electrons. The zero-order chi connectivity index (χ0) is 12.3. The summed E-state index contributed by atoms with van der Waals surface area (Å²) in [6.45, 7) is 3.39. The van der Waals surface area contributed by atoms with Crippen molar-refractivity contribution in [2.24, 2.45) is 0 Å². The third-order valence-corrected chi connectivity index (χ3v) is 2.83. The molecule has 1 fully saturated rings. The van der Waals surface area contributed by atoms with Crippen LogP contribution in [0.4, 0.5) is 14.9 Å². The summed E-state index contributed by atoms with van der Waals surface area (Å²) in [5, 5.41) is 8.60. The van der Waals surface area contributed by atoms with Crippen LogP contribution in [-0.2, 0) is 0 Å². The summed E-state index contributed by atoms with van der Waals surface area (Å²) in [4.78, 5) is 11.6. The normalized spacial score (nSPS) is 18.0. The molecule has 0 radical (unpaired) electrons. The molecule has 0 saturated carbocycles. The van der Waals surface area contributed by atoms with Gasteiger partial charge in [0.15, 0.2) is 0 Å². The lowest BCUT2D eigenvalue weighted by Crippen LogP contribution is -2.39. The minimum Gasteiger partial charge on any atom is -0.334 e. The van der Waals surface area contributed by atoms with Crippen LogP contribution in [0.3, 0.4) is 0 Å². The minimum absolute atomic E-state index is 0. The first-order valence-electron chi connectivity index (χ1n) is 5.69. The predicted molar refractivity (Wildman–Crippen MR) is 71.8 cm³/mol. The predicted octanol–water partition coefficient (Wildman–Crippen LogP) is 2.04. The number of hydrogen-bond donors (Lipinski definition) is 3. The molecule has 18 heavy (non-hydrogen) atoms. The zero-order valence-electron chi connectivity index (χ0n) is 10.1. The fourth-order valence-electron chi connectivity index (χ4n) is 1.80. The van der Waals surface area contributed by atoms with E-state index in [2.05, 4.69) is 16.0 Å². The van der Waals surface area contributed by atoms with Crippen LogP contribution in [0, 0.1) is 12.7 Å². The SMILES string of the molecule is Cc1ccc(NC(=O)N[C@@H]2CCNC2)cc1F.Cl. The molecule has 0 unspecified atom stereocenters. The summed E-state index contributed by atoms with van der Waals surface area (Å²) in [6.07, 6.45) is 0.926. The number of nitrogens with one attached hydrogen (secondary N) is 3. The van der Waals surface area contributed by atoms with Crippen molar-refractivity contribution in [2.75, 3.05) is 18.4 Å². The van der Waals surface area contributed by atoms with Gasteiger partial charge in [-0.1, -0.05) is 6.07 Å². The molecule has 1 atom stereocenters. The molecule has 1 heterocycles. The number of hydrogen-bond acceptors (Lipinski definition) is 2. The van der Waals surface area contributed by atoms with Gasteiger partial charge in [0.2, 0.25) is 0 Å². The first kappa shape index (κ1) is 14.7. The lowest BCUT2D eigenvalue weighted by molar-refractivity contribution is 0.249. The molecule has 1 aromatic carbocycles. The van der Waals surface area contributed by atoms with Crippen LogP contribution in [0.1, 0.15) is 12.0 Å². The van der Waals surface area contributed by atoms with Crippen LogP contribution in [0.15, 0.2) is 18.2 Å². The average Bonchev–Trinajstić information content (AvgIpc) is 2.76. The van der Waals surface area contributed by atoms with Crippen molar-refractivity contribution in [3.8, 4) is 0 Å². The summed E-state index contributed by atoms with van der Waals surface area (Å²) in [6, 6.07) is 4.52. The molecule has 1 aliphatic rings. The summed E-state index contributed by atoms with van der Waals surface area (Å²) in [7, 11) is 0. The number of amides is 2. The number of anilines is 1. The van der Waals surface area contributed by atoms with Gasteiger partial charge in [0.05, 0.1) is 0 Å². The minimum atomic E-state index is -0.315. The maximum atomic E-state index is 13.3. The Bertz CT molecular complexity index is 422. The molecule has 0 aromatic heterocycles. The van der Waals surface area contributed by atoms with Crippen molar-refractivity contribution in [3.63, 3.8) is 0 Å². The number of halogens is 2. The second-order valence-corrected chi connectivity index (χ2v) is 4.25. The van der Waals surface area contributed by atoms with Crippen molar-refractivity contribution < 1.29 is 9.18 Å². The van der Waals surface area contributed by atoms with Gasteiger partial charge >= 0.3 is 6.03 Å². The van der Waals surface area contributed by atoms with Gasteiger partial charge in [-0.2, -0.15) is 0 Å². The molecule has 0 spiro atoms. The van der Waals surface area contributed by atoms with Gasteiger partial charge < -0.3 is 16.0 Å². The van der Waals surface area contributed by atoms with E-state index in [9.17, 15) is 9.18 Å². The third kappa shape index (κ3) is 3.85. The Hall–Kier alpha value is -1.33. The first-order chi connectivity index (χ1) is 8.15. The Morgan fingerprint density at radius 1 is 1.50 bits per heavy atom. The van der Waals surface area contributed by atoms with E-state index in [1.165, 1.54) is 6.07 Å². The number of rotatable bonds is 2. The maximum Gasteiger partial charge on any atom is 0.319 e. The highest BCUT2D eigenvalue weighted by Gasteiger charge is 2.16. The van der Waals surface area contributed by atoms with E-state index in [0.29, 0.717) is 11.3 Å². The monoisotopic (exact) mass is 273 g/mol. The Balaban J connectivity index is 0.00000162. The second-order valence-electron chi connectivity index (χ2n) is 4.25. The highest BCUT2D eigenvalue weighted by molar-refractivity contribution is 5.89. The average molecular weight is 274 g/mol. The molecule has 2 amide bonds. The molecule has 1 saturated heterocycles. The van der Waals surface area contributed by atoms with Crippen molar-refractivity contribution in [1.82, 2.24) is 10.6 Å². The molecule has 1 aliphatic heterocycles. The zero-order valence-corrected chi connectivity index (χ0v) is 10.9. The highest BCUT2D eigenvalue weighted by Crippen LogP contribution is 2.13. The van der Waals surface area contributed by atoms with E-state index >= 15 is 0 Å². The summed E-state index contributed by atoms with van der Waals surface area (Å²) < 4.78 is 13.3. The van der Waals surface area contributed by atoms with Crippen LogP contribution >= 0.6 is 12.4 Å². The molecule has 1 aromatic rings. The summed E-state index contributed by atoms with van der Waals surface area (Å²) >= 11 is 0. The van der Waals surface area contributed by atoms with Crippen molar-refractivity contribution >= 4 is 24.1 Å². The van der Waals surface area contributed by atoms with E-state index in [1.807, 2.05) is 0 Å². The molecule has 0 aliphatic carbocycles. The lowest BCUT2D eigenvalue weighted by atomic mass is 10.2. The number of benzene rings is 1. The molecular weight excluding hydrogens is 257 g/mol.